The van der Waals surface area contributed by atoms with Gasteiger partial charge in [-0.1, -0.05) is 15.9 Å². The van der Waals surface area contributed by atoms with Crippen LogP contribution in [0.2, 0.25) is 0 Å². The second-order valence-electron chi connectivity index (χ2n) is 3.38. The van der Waals surface area contributed by atoms with Crippen LogP contribution in [0.15, 0.2) is 45.9 Å². The van der Waals surface area contributed by atoms with Crippen molar-refractivity contribution in [3.8, 4) is 11.6 Å². The van der Waals surface area contributed by atoms with Gasteiger partial charge in [-0.15, -0.1) is 0 Å². The highest BCUT2D eigenvalue weighted by molar-refractivity contribution is 9.10. The molecule has 17 heavy (non-hydrogen) atoms. The first-order valence-electron chi connectivity index (χ1n) is 5.19. The predicted octanol–water partition coefficient (Wildman–Crippen LogP) is 2.82. The summed E-state index contributed by atoms with van der Waals surface area (Å²) in [5.74, 6) is 0.684. The van der Waals surface area contributed by atoms with Gasteiger partial charge in [0.05, 0.1) is 0 Å². The highest BCUT2D eigenvalue weighted by Gasteiger charge is 2.06. The third kappa shape index (κ3) is 2.74. The maximum atomic E-state index is 11.8. The Morgan fingerprint density at radius 2 is 2.06 bits per heavy atom. The zero-order chi connectivity index (χ0) is 12.3. The van der Waals surface area contributed by atoms with Crippen LogP contribution in [-0.4, -0.2) is 9.55 Å². The fourth-order valence-electron chi connectivity index (χ4n) is 1.36. The summed E-state index contributed by atoms with van der Waals surface area (Å²) < 4.78 is 7.94. The van der Waals surface area contributed by atoms with Crippen LogP contribution in [0.1, 0.15) is 6.92 Å². The zero-order valence-corrected chi connectivity index (χ0v) is 10.8. The van der Waals surface area contributed by atoms with Gasteiger partial charge >= 0.3 is 5.56 Å². The average molecular weight is 295 g/mol. The van der Waals surface area contributed by atoms with Crippen LogP contribution in [0.4, 0.5) is 0 Å². The van der Waals surface area contributed by atoms with Crippen LogP contribution in [0.5, 0.6) is 11.6 Å². The number of benzene rings is 1. The Balaban J connectivity index is 2.30. The van der Waals surface area contributed by atoms with E-state index in [2.05, 4.69) is 20.9 Å². The second-order valence-corrected chi connectivity index (χ2v) is 4.30. The molecule has 0 unspecified atom stereocenters. The lowest BCUT2D eigenvalue weighted by Crippen LogP contribution is -2.20. The molecule has 4 nitrogen and oxygen atoms in total. The zero-order valence-electron chi connectivity index (χ0n) is 9.26. The molecule has 0 spiro atoms. The van der Waals surface area contributed by atoms with E-state index in [1.807, 2.05) is 19.1 Å². The molecule has 0 radical (unpaired) electrons. The molecule has 1 aromatic heterocycles. The third-order valence-corrected chi connectivity index (χ3v) is 2.78. The molecule has 0 atom stereocenters. The molecule has 0 saturated heterocycles. The summed E-state index contributed by atoms with van der Waals surface area (Å²) in [7, 11) is 0. The van der Waals surface area contributed by atoms with Crippen molar-refractivity contribution in [2.45, 2.75) is 13.5 Å². The summed E-state index contributed by atoms with van der Waals surface area (Å²) >= 11 is 3.33. The van der Waals surface area contributed by atoms with Crippen molar-refractivity contribution in [1.29, 1.82) is 0 Å². The average Bonchev–Trinajstić information content (AvgIpc) is 2.35. The van der Waals surface area contributed by atoms with Crippen LogP contribution < -0.4 is 10.3 Å². The topological polar surface area (TPSA) is 44.1 Å². The number of aryl methyl sites for hydroxylation is 1. The van der Waals surface area contributed by atoms with Crippen molar-refractivity contribution in [3.63, 3.8) is 0 Å². The van der Waals surface area contributed by atoms with Crippen molar-refractivity contribution in [2.75, 3.05) is 0 Å². The molecule has 1 heterocycles. The maximum Gasteiger partial charge on any atom is 0.313 e. The summed E-state index contributed by atoms with van der Waals surface area (Å²) in [5, 5.41) is 0. The molecule has 0 aliphatic rings. The van der Waals surface area contributed by atoms with Crippen LogP contribution >= 0.6 is 15.9 Å². The van der Waals surface area contributed by atoms with Crippen molar-refractivity contribution in [2.24, 2.45) is 0 Å². The lowest BCUT2D eigenvalue weighted by Gasteiger charge is -2.06. The fraction of sp³-hybridized carbons (Fsp3) is 0.167. The van der Waals surface area contributed by atoms with Gasteiger partial charge in [0.25, 0.3) is 5.88 Å². The van der Waals surface area contributed by atoms with E-state index in [0.717, 1.165) is 4.47 Å². The Morgan fingerprint density at radius 1 is 1.35 bits per heavy atom. The third-order valence-electron chi connectivity index (χ3n) is 2.25. The monoisotopic (exact) mass is 294 g/mol. The van der Waals surface area contributed by atoms with Crippen LogP contribution in [0, 0.1) is 0 Å². The number of hydrogen-bond acceptors (Lipinski definition) is 3. The van der Waals surface area contributed by atoms with E-state index in [0.29, 0.717) is 12.3 Å². The molecule has 0 fully saturated rings. The van der Waals surface area contributed by atoms with E-state index in [9.17, 15) is 4.79 Å². The molecule has 5 heteroatoms. The minimum atomic E-state index is -0.224. The summed E-state index contributed by atoms with van der Waals surface area (Å²) in [5.41, 5.74) is -0.224. The molecular formula is C12H11BrN2O2. The fourth-order valence-corrected chi connectivity index (χ4v) is 1.62. The van der Waals surface area contributed by atoms with Gasteiger partial charge in [-0.05, 0) is 31.2 Å². The Kier molecular flexibility index (Phi) is 3.58. The minimum absolute atomic E-state index is 0.0941. The van der Waals surface area contributed by atoms with Gasteiger partial charge in [0, 0.05) is 23.4 Å². The molecule has 0 N–H and O–H groups in total. The molecule has 1 aromatic carbocycles. The molecule has 0 bridgehead atoms. The lowest BCUT2D eigenvalue weighted by molar-refractivity contribution is 0.445. The first kappa shape index (κ1) is 11.9. The number of aromatic nitrogens is 2. The number of halogens is 1. The van der Waals surface area contributed by atoms with E-state index in [4.69, 9.17) is 4.74 Å². The Bertz CT molecular complexity index is 563. The van der Waals surface area contributed by atoms with Crippen molar-refractivity contribution in [1.82, 2.24) is 9.55 Å². The highest BCUT2D eigenvalue weighted by atomic mass is 79.9. The molecule has 0 amide bonds. The number of ether oxygens (including phenoxy) is 1. The van der Waals surface area contributed by atoms with Gasteiger partial charge in [-0.25, -0.2) is 4.98 Å². The van der Waals surface area contributed by atoms with Gasteiger partial charge in [0.1, 0.15) is 5.75 Å². The Hall–Kier alpha value is -1.62. The van der Waals surface area contributed by atoms with Crippen molar-refractivity contribution in [3.05, 3.63) is 51.5 Å². The standard InChI is InChI=1S/C12H11BrN2O2/c1-2-15-8-7-14-11(12(15)16)17-10-5-3-9(13)4-6-10/h3-8H,2H2,1H3. The summed E-state index contributed by atoms with van der Waals surface area (Å²) in [6.07, 6.45) is 3.19. The normalized spacial score (nSPS) is 10.2. The van der Waals surface area contributed by atoms with Crippen molar-refractivity contribution >= 4 is 15.9 Å². The molecule has 2 rings (SSSR count). The highest BCUT2D eigenvalue weighted by Crippen LogP contribution is 2.19. The van der Waals surface area contributed by atoms with Gasteiger partial charge < -0.3 is 9.30 Å². The quantitative estimate of drug-likeness (QED) is 0.874. The Labute approximate surface area is 107 Å². The molecule has 88 valence electrons. The smallest absolute Gasteiger partial charge is 0.313 e. The van der Waals surface area contributed by atoms with E-state index in [1.165, 1.54) is 0 Å². The van der Waals surface area contributed by atoms with Gasteiger partial charge in [-0.3, -0.25) is 4.79 Å². The largest absolute Gasteiger partial charge is 0.435 e. The molecule has 0 aliphatic carbocycles. The van der Waals surface area contributed by atoms with E-state index in [-0.39, 0.29) is 11.4 Å². The van der Waals surface area contributed by atoms with E-state index in [1.54, 1.807) is 29.1 Å². The number of rotatable bonds is 3. The second kappa shape index (κ2) is 5.14. The minimum Gasteiger partial charge on any atom is -0.435 e. The van der Waals surface area contributed by atoms with Crippen LogP contribution in [0.25, 0.3) is 0 Å². The van der Waals surface area contributed by atoms with Gasteiger partial charge in [0.15, 0.2) is 0 Å². The van der Waals surface area contributed by atoms with Gasteiger partial charge in [0.2, 0.25) is 0 Å². The van der Waals surface area contributed by atoms with Crippen LogP contribution in [-0.2, 0) is 6.54 Å². The SMILES string of the molecule is CCn1ccnc(Oc2ccc(Br)cc2)c1=O. The van der Waals surface area contributed by atoms with Crippen LogP contribution in [0.3, 0.4) is 0 Å². The Morgan fingerprint density at radius 3 is 2.71 bits per heavy atom. The summed E-state index contributed by atoms with van der Waals surface area (Å²) in [4.78, 5) is 15.8. The van der Waals surface area contributed by atoms with E-state index >= 15 is 0 Å². The van der Waals surface area contributed by atoms with Crippen molar-refractivity contribution < 1.29 is 4.74 Å². The first-order chi connectivity index (χ1) is 8.20. The summed E-state index contributed by atoms with van der Waals surface area (Å²) in [6, 6.07) is 7.23. The summed E-state index contributed by atoms with van der Waals surface area (Å²) in [6.45, 7) is 2.49. The first-order valence-corrected chi connectivity index (χ1v) is 5.99. The lowest BCUT2D eigenvalue weighted by atomic mass is 10.3. The molecular weight excluding hydrogens is 284 g/mol. The molecule has 0 saturated carbocycles. The molecule has 2 aromatic rings. The number of hydrogen-bond donors (Lipinski definition) is 0. The van der Waals surface area contributed by atoms with E-state index < -0.39 is 0 Å². The molecule has 0 aliphatic heterocycles. The predicted molar refractivity (Wildman–Crippen MR) is 68.4 cm³/mol. The van der Waals surface area contributed by atoms with Gasteiger partial charge in [-0.2, -0.15) is 0 Å². The number of nitrogens with zero attached hydrogens (tertiary/aromatic N) is 2. The maximum absolute atomic E-state index is 11.8.